The van der Waals surface area contributed by atoms with Gasteiger partial charge in [-0.15, -0.1) is 5.10 Å². The van der Waals surface area contributed by atoms with E-state index in [0.29, 0.717) is 10.3 Å². The van der Waals surface area contributed by atoms with Crippen LogP contribution in [0.5, 0.6) is 0 Å². The lowest BCUT2D eigenvalue weighted by Crippen LogP contribution is -2.14. The average Bonchev–Trinajstić information content (AvgIpc) is 2.73. The van der Waals surface area contributed by atoms with Crippen LogP contribution in [0.15, 0.2) is 27.5 Å². The van der Waals surface area contributed by atoms with Crippen LogP contribution in [0.4, 0.5) is 0 Å². The van der Waals surface area contributed by atoms with E-state index in [-0.39, 0.29) is 5.69 Å². The predicted molar refractivity (Wildman–Crippen MR) is 72.0 cm³/mol. The van der Waals surface area contributed by atoms with Gasteiger partial charge in [-0.1, -0.05) is 6.92 Å². The van der Waals surface area contributed by atoms with Gasteiger partial charge in [-0.2, -0.15) is 0 Å². The van der Waals surface area contributed by atoms with E-state index in [1.807, 2.05) is 0 Å². The highest BCUT2D eigenvalue weighted by molar-refractivity contribution is 7.99. The molecule has 0 fully saturated rings. The predicted octanol–water partition coefficient (Wildman–Crippen LogP) is 0.549. The number of aromatic amines is 1. The molecule has 0 bridgehead atoms. The molecule has 7 nitrogen and oxygen atoms in total. The molecule has 0 spiro atoms. The van der Waals surface area contributed by atoms with Crippen molar-refractivity contribution in [2.24, 2.45) is 7.05 Å². The van der Waals surface area contributed by atoms with Gasteiger partial charge in [-0.25, -0.2) is 19.9 Å². The third kappa shape index (κ3) is 3.65. The lowest BCUT2D eigenvalue weighted by Gasteiger charge is -2.03. The summed E-state index contributed by atoms with van der Waals surface area (Å²) < 4.78 is 1.42. The number of nitrogens with zero attached hydrogens (tertiary/aromatic N) is 4. The Labute approximate surface area is 114 Å². The zero-order chi connectivity index (χ0) is 13.7. The minimum absolute atomic E-state index is 0.247. The molecule has 2 heterocycles. The SMILES string of the molecule is CCCNCc1cnc(Sc2n[nH]c(=O)n2C)nc1. The molecule has 0 aromatic carbocycles. The van der Waals surface area contributed by atoms with Crippen LogP contribution >= 0.6 is 11.8 Å². The first-order valence-electron chi connectivity index (χ1n) is 6.01. The Balaban J connectivity index is 1.98. The molecule has 2 N–H and O–H groups in total. The summed E-state index contributed by atoms with van der Waals surface area (Å²) in [6.45, 7) is 3.86. The second kappa shape index (κ2) is 6.48. The fourth-order valence-corrected chi connectivity index (χ4v) is 2.09. The number of hydrogen-bond acceptors (Lipinski definition) is 6. The monoisotopic (exact) mass is 280 g/mol. The van der Waals surface area contributed by atoms with Crippen molar-refractivity contribution in [2.75, 3.05) is 6.54 Å². The molecule has 102 valence electrons. The highest BCUT2D eigenvalue weighted by Gasteiger charge is 2.08. The standard InChI is InChI=1S/C11H16N6OS/c1-3-4-12-5-8-6-13-9(14-7-8)19-11-16-15-10(18)17(11)2/h6-7,12H,3-5H2,1-2H3,(H,15,18). The summed E-state index contributed by atoms with van der Waals surface area (Å²) in [6.07, 6.45) is 4.66. The first-order valence-corrected chi connectivity index (χ1v) is 6.83. The summed E-state index contributed by atoms with van der Waals surface area (Å²) in [4.78, 5) is 19.7. The van der Waals surface area contributed by atoms with E-state index in [0.717, 1.165) is 25.1 Å². The summed E-state index contributed by atoms with van der Waals surface area (Å²) in [6, 6.07) is 0. The molecule has 0 saturated heterocycles. The normalized spacial score (nSPS) is 10.8. The molecule has 8 heteroatoms. The van der Waals surface area contributed by atoms with Crippen LogP contribution < -0.4 is 11.0 Å². The number of hydrogen-bond donors (Lipinski definition) is 2. The quantitative estimate of drug-likeness (QED) is 0.593. The number of aromatic nitrogens is 5. The molecule has 2 aromatic heterocycles. The van der Waals surface area contributed by atoms with Gasteiger partial charge in [-0.05, 0) is 24.7 Å². The smallest absolute Gasteiger partial charge is 0.313 e. The third-order valence-electron chi connectivity index (χ3n) is 2.46. The largest absolute Gasteiger partial charge is 0.343 e. The van der Waals surface area contributed by atoms with Gasteiger partial charge < -0.3 is 5.32 Å². The highest BCUT2D eigenvalue weighted by Crippen LogP contribution is 2.19. The van der Waals surface area contributed by atoms with Crippen molar-refractivity contribution in [2.45, 2.75) is 30.2 Å². The number of H-pyrrole nitrogens is 1. The van der Waals surface area contributed by atoms with Gasteiger partial charge in [0.15, 0.2) is 10.3 Å². The molecular formula is C11H16N6OS. The van der Waals surface area contributed by atoms with Gasteiger partial charge in [0.05, 0.1) is 0 Å². The molecule has 0 atom stereocenters. The van der Waals surface area contributed by atoms with E-state index in [1.165, 1.54) is 16.3 Å². The van der Waals surface area contributed by atoms with Crippen molar-refractivity contribution >= 4 is 11.8 Å². The van der Waals surface area contributed by atoms with Crippen LogP contribution in [0.25, 0.3) is 0 Å². The molecular weight excluding hydrogens is 264 g/mol. The minimum atomic E-state index is -0.247. The molecule has 19 heavy (non-hydrogen) atoms. The number of rotatable bonds is 6. The maximum atomic E-state index is 11.2. The number of nitrogens with one attached hydrogen (secondary N) is 2. The van der Waals surface area contributed by atoms with E-state index >= 15 is 0 Å². The average molecular weight is 280 g/mol. The lowest BCUT2D eigenvalue weighted by molar-refractivity contribution is 0.669. The van der Waals surface area contributed by atoms with Crippen molar-refractivity contribution in [3.05, 3.63) is 28.4 Å². The molecule has 0 radical (unpaired) electrons. The van der Waals surface area contributed by atoms with Gasteiger partial charge in [0.1, 0.15) is 0 Å². The maximum absolute atomic E-state index is 11.2. The van der Waals surface area contributed by atoms with Crippen molar-refractivity contribution < 1.29 is 0 Å². The van der Waals surface area contributed by atoms with Crippen molar-refractivity contribution in [1.82, 2.24) is 30.0 Å². The Hall–Kier alpha value is -1.67. The summed E-state index contributed by atoms with van der Waals surface area (Å²) in [5.41, 5.74) is 0.789. The van der Waals surface area contributed by atoms with E-state index in [2.05, 4.69) is 32.4 Å². The first kappa shape index (κ1) is 13.8. The Morgan fingerprint density at radius 2 is 2.16 bits per heavy atom. The topological polar surface area (TPSA) is 88.5 Å². The second-order valence-corrected chi connectivity index (χ2v) is 4.96. The fraction of sp³-hybridized carbons (Fsp3) is 0.455. The van der Waals surface area contributed by atoms with Gasteiger partial charge in [0.25, 0.3) is 0 Å². The minimum Gasteiger partial charge on any atom is -0.313 e. The summed E-state index contributed by atoms with van der Waals surface area (Å²) in [5, 5.41) is 10.7. The summed E-state index contributed by atoms with van der Waals surface area (Å²) in [7, 11) is 1.65. The lowest BCUT2D eigenvalue weighted by atomic mass is 10.3. The van der Waals surface area contributed by atoms with E-state index in [4.69, 9.17) is 0 Å². The van der Waals surface area contributed by atoms with Crippen molar-refractivity contribution in [3.63, 3.8) is 0 Å². The van der Waals surface area contributed by atoms with Crippen LogP contribution in [-0.2, 0) is 13.6 Å². The van der Waals surface area contributed by atoms with E-state index in [9.17, 15) is 4.79 Å². The summed E-state index contributed by atoms with van der Waals surface area (Å²) in [5.74, 6) is 0. The zero-order valence-electron chi connectivity index (χ0n) is 10.9. The van der Waals surface area contributed by atoms with Gasteiger partial charge in [0, 0.05) is 31.5 Å². The van der Waals surface area contributed by atoms with E-state index < -0.39 is 0 Å². The molecule has 0 saturated carbocycles. The Bertz CT molecular complexity index is 576. The Morgan fingerprint density at radius 3 is 2.74 bits per heavy atom. The van der Waals surface area contributed by atoms with E-state index in [1.54, 1.807) is 19.4 Å². The molecule has 0 aliphatic rings. The second-order valence-electron chi connectivity index (χ2n) is 4.02. The van der Waals surface area contributed by atoms with Crippen molar-refractivity contribution in [3.8, 4) is 0 Å². The van der Waals surface area contributed by atoms with Crippen LogP contribution in [0.3, 0.4) is 0 Å². The first-order chi connectivity index (χ1) is 9.20. The molecule has 0 amide bonds. The zero-order valence-corrected chi connectivity index (χ0v) is 11.7. The molecule has 2 rings (SSSR count). The van der Waals surface area contributed by atoms with Crippen LogP contribution in [0.2, 0.25) is 0 Å². The Morgan fingerprint density at radius 1 is 1.42 bits per heavy atom. The van der Waals surface area contributed by atoms with Gasteiger partial charge in [-0.3, -0.25) is 4.57 Å². The third-order valence-corrected chi connectivity index (χ3v) is 3.40. The molecule has 0 aliphatic carbocycles. The summed E-state index contributed by atoms with van der Waals surface area (Å²) >= 11 is 1.25. The molecule has 0 aliphatic heterocycles. The maximum Gasteiger partial charge on any atom is 0.343 e. The fourth-order valence-electron chi connectivity index (χ4n) is 1.40. The van der Waals surface area contributed by atoms with Gasteiger partial charge in [0.2, 0.25) is 0 Å². The van der Waals surface area contributed by atoms with Gasteiger partial charge >= 0.3 is 5.69 Å². The Kier molecular flexibility index (Phi) is 4.69. The van der Waals surface area contributed by atoms with Crippen LogP contribution in [-0.4, -0.2) is 31.3 Å². The van der Waals surface area contributed by atoms with Crippen LogP contribution in [0, 0.1) is 0 Å². The molecule has 2 aromatic rings. The molecule has 0 unspecified atom stereocenters. The van der Waals surface area contributed by atoms with Crippen LogP contribution in [0.1, 0.15) is 18.9 Å². The highest BCUT2D eigenvalue weighted by atomic mass is 32.2. The van der Waals surface area contributed by atoms with Crippen molar-refractivity contribution in [1.29, 1.82) is 0 Å².